The molecule has 1 atom stereocenters. The van der Waals surface area contributed by atoms with Gasteiger partial charge in [-0.05, 0) is 31.5 Å². The molecule has 26 heavy (non-hydrogen) atoms. The number of hydrogen-bond donors (Lipinski definition) is 0. The van der Waals surface area contributed by atoms with Gasteiger partial charge < -0.3 is 13.9 Å². The Morgan fingerprint density at radius 3 is 2.65 bits per heavy atom. The highest BCUT2D eigenvalue weighted by atomic mass is 16.6. The third-order valence-electron chi connectivity index (χ3n) is 4.98. The molecule has 3 rings (SSSR count). The fourth-order valence-corrected chi connectivity index (χ4v) is 3.19. The Hall–Kier alpha value is -2.56. The fourth-order valence-electron chi connectivity index (χ4n) is 3.19. The molecule has 0 aliphatic carbocycles. The highest BCUT2D eigenvalue weighted by molar-refractivity contribution is 5.80. The summed E-state index contributed by atoms with van der Waals surface area (Å²) >= 11 is 0. The topological polar surface area (TPSA) is 65.7 Å². The Bertz CT molecular complexity index is 949. The summed E-state index contributed by atoms with van der Waals surface area (Å²) in [5.41, 5.74) is 0.392. The maximum Gasteiger partial charge on any atom is 0.340 e. The summed E-state index contributed by atoms with van der Waals surface area (Å²) in [4.78, 5) is 23.8. The number of benzene rings is 1. The van der Waals surface area contributed by atoms with Crippen LogP contribution in [0.2, 0.25) is 0 Å². The van der Waals surface area contributed by atoms with Crippen LogP contribution in [0, 0.1) is 0 Å². The molecule has 1 aliphatic heterocycles. The number of hydrogen-bond acceptors (Lipinski definition) is 5. The van der Waals surface area contributed by atoms with Gasteiger partial charge in [0.25, 0.3) is 0 Å². The molecule has 0 fully saturated rings. The van der Waals surface area contributed by atoms with Gasteiger partial charge in [0.05, 0.1) is 0 Å². The zero-order valence-corrected chi connectivity index (χ0v) is 15.8. The number of rotatable bonds is 3. The zero-order valence-electron chi connectivity index (χ0n) is 15.8. The predicted octanol–water partition coefficient (Wildman–Crippen LogP) is 3.90. The first kappa shape index (κ1) is 18.2. The highest BCUT2D eigenvalue weighted by Gasteiger charge is 2.39. The van der Waals surface area contributed by atoms with E-state index in [1.807, 2.05) is 39.8 Å². The van der Waals surface area contributed by atoms with Gasteiger partial charge >= 0.3 is 11.6 Å². The summed E-state index contributed by atoms with van der Waals surface area (Å²) in [7, 11) is 0. The minimum absolute atomic E-state index is 0.336. The lowest BCUT2D eigenvalue weighted by Gasteiger charge is -2.39. The van der Waals surface area contributed by atoms with E-state index in [1.165, 1.54) is 6.92 Å². The molecule has 5 nitrogen and oxygen atoms in total. The average molecular weight is 356 g/mol. The van der Waals surface area contributed by atoms with Crippen molar-refractivity contribution < 1.29 is 18.7 Å². The van der Waals surface area contributed by atoms with Gasteiger partial charge in [0, 0.05) is 35.8 Å². The van der Waals surface area contributed by atoms with Crippen LogP contribution >= 0.6 is 0 Å². The predicted molar refractivity (Wildman–Crippen MR) is 99.7 cm³/mol. The number of esters is 1. The lowest BCUT2D eigenvalue weighted by atomic mass is 9.85. The zero-order chi connectivity index (χ0) is 19.3. The molecule has 5 heteroatoms. The molecule has 0 N–H and O–H groups in total. The van der Waals surface area contributed by atoms with Crippen molar-refractivity contribution >= 4 is 16.9 Å². The third kappa shape index (κ3) is 3.14. The van der Waals surface area contributed by atoms with E-state index >= 15 is 0 Å². The normalized spacial score (nSPS) is 18.7. The molecule has 2 heterocycles. The van der Waals surface area contributed by atoms with Gasteiger partial charge in [-0.2, -0.15) is 0 Å². The van der Waals surface area contributed by atoms with Gasteiger partial charge in [-0.15, -0.1) is 6.58 Å². The smallest absolute Gasteiger partial charge is 0.340 e. The molecule has 1 aliphatic rings. The lowest BCUT2D eigenvalue weighted by molar-refractivity contribution is -0.158. The van der Waals surface area contributed by atoms with Gasteiger partial charge in [-0.25, -0.2) is 4.79 Å². The fraction of sp³-hybridized carbons (Fsp3) is 0.429. The molecular formula is C21H24O5. The van der Waals surface area contributed by atoms with E-state index in [2.05, 4.69) is 6.58 Å². The number of carbonyl (C=O) groups excluding carboxylic acids is 1. The van der Waals surface area contributed by atoms with Crippen LogP contribution in [-0.4, -0.2) is 17.7 Å². The number of carbonyl (C=O) groups is 1. The Morgan fingerprint density at radius 1 is 1.35 bits per heavy atom. The molecule has 1 aromatic carbocycles. The molecule has 0 amide bonds. The van der Waals surface area contributed by atoms with Crippen LogP contribution in [0.25, 0.3) is 11.0 Å². The Morgan fingerprint density at radius 2 is 2.04 bits per heavy atom. The standard InChI is InChI=1S/C21H24O5/c1-7-20(3,4)15-9-13-8-14-10-18(24-12(2)22)21(5,6)26-17(14)11-16(13)25-19(15)23/h7-9,11,18H,1,10H2,2-6H3. The summed E-state index contributed by atoms with van der Waals surface area (Å²) in [5, 5.41) is 0.804. The van der Waals surface area contributed by atoms with Crippen molar-refractivity contribution in [3.05, 3.63) is 52.4 Å². The van der Waals surface area contributed by atoms with Crippen LogP contribution in [0.1, 0.15) is 45.7 Å². The quantitative estimate of drug-likeness (QED) is 0.474. The van der Waals surface area contributed by atoms with E-state index in [1.54, 1.807) is 12.1 Å². The van der Waals surface area contributed by atoms with Gasteiger partial charge in [-0.1, -0.05) is 19.9 Å². The van der Waals surface area contributed by atoms with Crippen molar-refractivity contribution in [2.75, 3.05) is 0 Å². The molecule has 138 valence electrons. The van der Waals surface area contributed by atoms with Crippen molar-refractivity contribution in [3.8, 4) is 5.75 Å². The SMILES string of the molecule is C=CC(C)(C)c1cc2cc3c(cc2oc1=O)OC(C)(C)C(OC(C)=O)C3. The summed E-state index contributed by atoms with van der Waals surface area (Å²) in [6.45, 7) is 12.8. The molecule has 0 spiro atoms. The van der Waals surface area contributed by atoms with E-state index in [-0.39, 0.29) is 17.7 Å². The molecule has 1 aromatic heterocycles. The van der Waals surface area contributed by atoms with Crippen LogP contribution in [0.5, 0.6) is 5.75 Å². The van der Waals surface area contributed by atoms with E-state index < -0.39 is 11.0 Å². The molecule has 0 bridgehead atoms. The number of fused-ring (bicyclic) bond motifs is 2. The van der Waals surface area contributed by atoms with E-state index in [0.717, 1.165) is 10.9 Å². The second-order valence-electron chi connectivity index (χ2n) is 7.88. The Kier molecular flexibility index (Phi) is 4.21. The van der Waals surface area contributed by atoms with Crippen molar-refractivity contribution in [2.45, 2.75) is 58.2 Å². The second-order valence-corrected chi connectivity index (χ2v) is 7.88. The summed E-state index contributed by atoms with van der Waals surface area (Å²) in [6.07, 6.45) is 1.88. The first-order chi connectivity index (χ1) is 12.0. The molecule has 2 aromatic rings. The molecule has 1 unspecified atom stereocenters. The van der Waals surface area contributed by atoms with Crippen LogP contribution in [0.3, 0.4) is 0 Å². The van der Waals surface area contributed by atoms with Crippen LogP contribution in [0.15, 0.2) is 40.1 Å². The largest absolute Gasteiger partial charge is 0.484 e. The van der Waals surface area contributed by atoms with E-state index in [4.69, 9.17) is 13.9 Å². The molecular weight excluding hydrogens is 332 g/mol. The minimum Gasteiger partial charge on any atom is -0.484 e. The molecule has 0 saturated heterocycles. The van der Waals surface area contributed by atoms with Gasteiger partial charge in [0.15, 0.2) is 0 Å². The first-order valence-corrected chi connectivity index (χ1v) is 8.64. The third-order valence-corrected chi connectivity index (χ3v) is 4.98. The lowest BCUT2D eigenvalue weighted by Crippen LogP contribution is -2.48. The maximum absolute atomic E-state index is 12.4. The summed E-state index contributed by atoms with van der Waals surface area (Å²) in [5.74, 6) is 0.307. The summed E-state index contributed by atoms with van der Waals surface area (Å²) in [6, 6.07) is 5.51. The Balaban J connectivity index is 2.13. The van der Waals surface area contributed by atoms with Gasteiger partial charge in [-0.3, -0.25) is 4.79 Å². The number of allylic oxidation sites excluding steroid dienone is 1. The molecule has 0 radical (unpaired) electrons. The van der Waals surface area contributed by atoms with Crippen LogP contribution in [0.4, 0.5) is 0 Å². The van der Waals surface area contributed by atoms with E-state index in [0.29, 0.717) is 23.3 Å². The van der Waals surface area contributed by atoms with E-state index in [9.17, 15) is 9.59 Å². The first-order valence-electron chi connectivity index (χ1n) is 8.64. The van der Waals surface area contributed by atoms with Crippen molar-refractivity contribution in [1.82, 2.24) is 0 Å². The van der Waals surface area contributed by atoms with Crippen LogP contribution in [-0.2, 0) is 21.4 Å². The average Bonchev–Trinajstić information content (AvgIpc) is 2.52. The van der Waals surface area contributed by atoms with Gasteiger partial charge in [0.1, 0.15) is 23.0 Å². The van der Waals surface area contributed by atoms with Crippen LogP contribution < -0.4 is 10.4 Å². The van der Waals surface area contributed by atoms with Crippen molar-refractivity contribution in [3.63, 3.8) is 0 Å². The Labute approximate surface area is 152 Å². The van der Waals surface area contributed by atoms with Gasteiger partial charge in [0.2, 0.25) is 0 Å². The maximum atomic E-state index is 12.4. The van der Waals surface area contributed by atoms with Crippen molar-refractivity contribution in [1.29, 1.82) is 0 Å². The second kappa shape index (κ2) is 6.01. The van der Waals surface area contributed by atoms with Crippen molar-refractivity contribution in [2.24, 2.45) is 0 Å². The monoisotopic (exact) mass is 356 g/mol. The highest BCUT2D eigenvalue weighted by Crippen LogP contribution is 2.38. The number of ether oxygens (including phenoxy) is 2. The molecule has 0 saturated carbocycles. The summed E-state index contributed by atoms with van der Waals surface area (Å²) < 4.78 is 17.0. The minimum atomic E-state index is -0.669.